The van der Waals surface area contributed by atoms with E-state index in [2.05, 4.69) is 18.2 Å². The van der Waals surface area contributed by atoms with Crippen molar-refractivity contribution < 1.29 is 18.7 Å². The van der Waals surface area contributed by atoms with Crippen LogP contribution in [0.3, 0.4) is 0 Å². The summed E-state index contributed by atoms with van der Waals surface area (Å²) < 4.78 is 16.6. The Morgan fingerprint density at radius 2 is 1.74 bits per heavy atom. The summed E-state index contributed by atoms with van der Waals surface area (Å²) >= 11 is 0. The van der Waals surface area contributed by atoms with E-state index >= 15 is 0 Å². The molecule has 0 saturated heterocycles. The van der Waals surface area contributed by atoms with Gasteiger partial charge in [-0.15, -0.1) is 0 Å². The highest BCUT2D eigenvalue weighted by molar-refractivity contribution is 6.10. The maximum absolute atomic E-state index is 12.1. The Kier molecular flexibility index (Phi) is 4.55. The molecule has 0 atom stereocenters. The van der Waals surface area contributed by atoms with Crippen LogP contribution < -0.4 is 4.74 Å². The average Bonchev–Trinajstić information content (AvgIpc) is 3.06. The number of methoxy groups -OCH3 is 1. The molecule has 0 aliphatic rings. The van der Waals surface area contributed by atoms with Crippen molar-refractivity contribution in [1.29, 1.82) is 0 Å². The zero-order valence-electron chi connectivity index (χ0n) is 15.3. The Morgan fingerprint density at radius 1 is 0.963 bits per heavy atom. The van der Waals surface area contributed by atoms with E-state index in [-0.39, 0.29) is 12.4 Å². The molecule has 1 aromatic heterocycles. The lowest BCUT2D eigenvalue weighted by Crippen LogP contribution is -2.07. The van der Waals surface area contributed by atoms with Crippen LogP contribution in [0.15, 0.2) is 65.1 Å². The van der Waals surface area contributed by atoms with Crippen LogP contribution in [0.1, 0.15) is 12.7 Å². The number of carbonyl (C=O) groups is 1. The van der Waals surface area contributed by atoms with E-state index in [9.17, 15) is 4.79 Å². The van der Waals surface area contributed by atoms with Gasteiger partial charge in [-0.2, -0.15) is 0 Å². The highest BCUT2D eigenvalue weighted by Crippen LogP contribution is 2.39. The first-order valence-corrected chi connectivity index (χ1v) is 8.94. The molecule has 4 rings (SSSR count). The minimum atomic E-state index is -0.296. The van der Waals surface area contributed by atoms with Gasteiger partial charge in [-0.3, -0.25) is 4.79 Å². The van der Waals surface area contributed by atoms with Gasteiger partial charge in [-0.25, -0.2) is 0 Å². The molecule has 1 heterocycles. The fraction of sp³-hybridized carbons (Fsp3) is 0.174. The summed E-state index contributed by atoms with van der Waals surface area (Å²) in [7, 11) is 1.64. The summed E-state index contributed by atoms with van der Waals surface area (Å²) in [6.45, 7) is 2.15. The number of fused-ring (bicyclic) bond motifs is 3. The van der Waals surface area contributed by atoms with Gasteiger partial charge in [-0.05, 0) is 36.1 Å². The standard InChI is InChI=1S/C23H20O4/c1-3-26-21(24)14-20-22(16-8-11-17(25-2)12-9-16)19-13-10-15-6-4-5-7-18(15)23(19)27-20/h4-13H,3,14H2,1-2H3. The van der Waals surface area contributed by atoms with Crippen LogP contribution in [-0.2, 0) is 16.0 Å². The highest BCUT2D eigenvalue weighted by Gasteiger charge is 2.20. The monoisotopic (exact) mass is 360 g/mol. The number of hydrogen-bond acceptors (Lipinski definition) is 4. The number of rotatable bonds is 5. The lowest BCUT2D eigenvalue weighted by molar-refractivity contribution is -0.142. The molecule has 0 aliphatic heterocycles. The van der Waals surface area contributed by atoms with Gasteiger partial charge in [0.15, 0.2) is 0 Å². The molecule has 4 aromatic rings. The van der Waals surface area contributed by atoms with Crippen LogP contribution >= 0.6 is 0 Å². The van der Waals surface area contributed by atoms with Crippen LogP contribution in [0.25, 0.3) is 32.9 Å². The Bertz CT molecular complexity index is 1110. The smallest absolute Gasteiger partial charge is 0.313 e. The summed E-state index contributed by atoms with van der Waals surface area (Å²) in [5.74, 6) is 1.10. The maximum Gasteiger partial charge on any atom is 0.313 e. The zero-order valence-corrected chi connectivity index (χ0v) is 15.3. The Balaban J connectivity index is 1.94. The second-order valence-electron chi connectivity index (χ2n) is 6.27. The van der Waals surface area contributed by atoms with Crippen molar-refractivity contribution in [1.82, 2.24) is 0 Å². The molecule has 0 unspecified atom stereocenters. The molecule has 27 heavy (non-hydrogen) atoms. The zero-order chi connectivity index (χ0) is 18.8. The molecular formula is C23H20O4. The largest absolute Gasteiger partial charge is 0.497 e. The van der Waals surface area contributed by atoms with Gasteiger partial charge in [0.05, 0.1) is 13.7 Å². The van der Waals surface area contributed by atoms with Gasteiger partial charge in [0, 0.05) is 16.3 Å². The molecule has 0 fully saturated rings. The quantitative estimate of drug-likeness (QED) is 0.449. The molecule has 136 valence electrons. The fourth-order valence-electron chi connectivity index (χ4n) is 3.42. The molecule has 4 nitrogen and oxygen atoms in total. The van der Waals surface area contributed by atoms with Crippen LogP contribution in [-0.4, -0.2) is 19.7 Å². The molecule has 3 aromatic carbocycles. The number of esters is 1. The van der Waals surface area contributed by atoms with Crippen molar-refractivity contribution in [2.75, 3.05) is 13.7 Å². The first-order chi connectivity index (χ1) is 13.2. The van der Waals surface area contributed by atoms with Gasteiger partial charge in [0.2, 0.25) is 0 Å². The number of benzene rings is 3. The third-order valence-corrected chi connectivity index (χ3v) is 4.64. The topological polar surface area (TPSA) is 48.7 Å². The molecular weight excluding hydrogens is 340 g/mol. The van der Waals surface area contributed by atoms with Crippen LogP contribution in [0.2, 0.25) is 0 Å². The molecule has 0 aliphatic carbocycles. The van der Waals surface area contributed by atoms with E-state index in [0.717, 1.165) is 38.6 Å². The van der Waals surface area contributed by atoms with Gasteiger partial charge >= 0.3 is 5.97 Å². The normalized spacial score (nSPS) is 11.0. The maximum atomic E-state index is 12.1. The second kappa shape index (κ2) is 7.16. The highest BCUT2D eigenvalue weighted by atomic mass is 16.5. The van der Waals surface area contributed by atoms with Crippen molar-refractivity contribution in [3.8, 4) is 16.9 Å². The summed E-state index contributed by atoms with van der Waals surface area (Å²) in [6, 6.07) is 20.0. The Hall–Kier alpha value is -3.27. The first-order valence-electron chi connectivity index (χ1n) is 8.94. The molecule has 0 saturated carbocycles. The van der Waals surface area contributed by atoms with E-state index in [4.69, 9.17) is 13.9 Å². The molecule has 0 bridgehead atoms. The Labute approximate surface area is 157 Å². The van der Waals surface area contributed by atoms with Gasteiger partial charge in [0.25, 0.3) is 0 Å². The predicted molar refractivity (Wildman–Crippen MR) is 106 cm³/mol. The Morgan fingerprint density at radius 3 is 2.48 bits per heavy atom. The van der Waals surface area contributed by atoms with E-state index in [1.165, 1.54) is 0 Å². The summed E-state index contributed by atoms with van der Waals surface area (Å²) in [5, 5.41) is 3.11. The second-order valence-corrected chi connectivity index (χ2v) is 6.27. The predicted octanol–water partition coefficient (Wildman–Crippen LogP) is 5.37. The number of carbonyl (C=O) groups excluding carboxylic acids is 1. The lowest BCUT2D eigenvalue weighted by atomic mass is 9.98. The van der Waals surface area contributed by atoms with E-state index in [0.29, 0.717) is 12.4 Å². The number of furan rings is 1. The van der Waals surface area contributed by atoms with E-state index < -0.39 is 0 Å². The molecule has 0 N–H and O–H groups in total. The third kappa shape index (κ3) is 3.14. The van der Waals surface area contributed by atoms with Crippen molar-refractivity contribution in [2.24, 2.45) is 0 Å². The minimum Gasteiger partial charge on any atom is -0.497 e. The van der Waals surface area contributed by atoms with Crippen molar-refractivity contribution in [3.05, 3.63) is 66.4 Å². The number of hydrogen-bond donors (Lipinski definition) is 0. The molecule has 0 spiro atoms. The SMILES string of the molecule is CCOC(=O)Cc1oc2c(ccc3ccccc32)c1-c1ccc(OC)cc1. The van der Waals surface area contributed by atoms with E-state index in [1.54, 1.807) is 14.0 Å². The average molecular weight is 360 g/mol. The van der Waals surface area contributed by atoms with Gasteiger partial charge in [-0.1, -0.05) is 42.5 Å². The van der Waals surface area contributed by atoms with Crippen molar-refractivity contribution in [3.63, 3.8) is 0 Å². The van der Waals surface area contributed by atoms with Crippen LogP contribution in [0.5, 0.6) is 5.75 Å². The van der Waals surface area contributed by atoms with Gasteiger partial charge in [0.1, 0.15) is 23.5 Å². The lowest BCUT2D eigenvalue weighted by Gasteiger charge is -2.05. The summed E-state index contributed by atoms with van der Waals surface area (Å²) in [4.78, 5) is 12.1. The number of ether oxygens (including phenoxy) is 2. The van der Waals surface area contributed by atoms with Gasteiger partial charge < -0.3 is 13.9 Å². The van der Waals surface area contributed by atoms with E-state index in [1.807, 2.05) is 42.5 Å². The fourth-order valence-corrected chi connectivity index (χ4v) is 3.42. The summed E-state index contributed by atoms with van der Waals surface area (Å²) in [5.41, 5.74) is 2.69. The third-order valence-electron chi connectivity index (χ3n) is 4.64. The van der Waals surface area contributed by atoms with Crippen LogP contribution in [0.4, 0.5) is 0 Å². The van der Waals surface area contributed by atoms with Crippen molar-refractivity contribution >= 4 is 27.7 Å². The molecule has 0 amide bonds. The summed E-state index contributed by atoms with van der Waals surface area (Å²) in [6.07, 6.45) is 0.0954. The van der Waals surface area contributed by atoms with Crippen LogP contribution in [0, 0.1) is 0 Å². The molecule has 4 heteroatoms. The first kappa shape index (κ1) is 17.2. The molecule has 0 radical (unpaired) electrons. The van der Waals surface area contributed by atoms with Crippen molar-refractivity contribution in [2.45, 2.75) is 13.3 Å². The minimum absolute atomic E-state index is 0.0954.